The first kappa shape index (κ1) is 29.2. The van der Waals surface area contributed by atoms with Gasteiger partial charge in [0, 0.05) is 59.2 Å². The number of carbonyl (C=O) groups excluding carboxylic acids is 2. The third-order valence-electron chi connectivity index (χ3n) is 7.91. The molecule has 3 heterocycles. The van der Waals surface area contributed by atoms with E-state index in [1.165, 1.54) is 0 Å². The van der Waals surface area contributed by atoms with Crippen molar-refractivity contribution in [2.24, 2.45) is 0 Å². The summed E-state index contributed by atoms with van der Waals surface area (Å²) in [5.74, 6) is -0.451. The van der Waals surface area contributed by atoms with Crippen LogP contribution < -0.4 is 10.2 Å². The molecule has 5 rings (SSSR count). The summed E-state index contributed by atoms with van der Waals surface area (Å²) < 4.78 is 14.2. The third kappa shape index (κ3) is 4.89. The highest BCUT2D eigenvalue weighted by Crippen LogP contribution is 2.52. The lowest BCUT2D eigenvalue weighted by Gasteiger charge is -2.33. The van der Waals surface area contributed by atoms with Gasteiger partial charge in [-0.25, -0.2) is 9.59 Å². The van der Waals surface area contributed by atoms with Gasteiger partial charge in [0.15, 0.2) is 0 Å². The van der Waals surface area contributed by atoms with Crippen molar-refractivity contribution in [1.82, 2.24) is 9.55 Å². The molecule has 0 aliphatic carbocycles. The van der Waals surface area contributed by atoms with Crippen LogP contribution in [0.15, 0.2) is 60.8 Å². The minimum Gasteiger partial charge on any atom is -0.449 e. The average molecular weight is 569 g/mol. The number of hydrogen-bond donors (Lipinski definition) is 1. The first-order valence-electron chi connectivity index (χ1n) is 15.0. The number of nitrogens with zero attached hydrogens (tertiary/aromatic N) is 3. The van der Waals surface area contributed by atoms with Gasteiger partial charge < -0.3 is 18.9 Å². The molecular formula is C34H40N4O4. The second kappa shape index (κ2) is 12.3. The maximum absolute atomic E-state index is 13.6. The van der Waals surface area contributed by atoms with E-state index in [2.05, 4.69) is 54.6 Å². The van der Waals surface area contributed by atoms with E-state index in [9.17, 15) is 9.59 Å². The van der Waals surface area contributed by atoms with E-state index in [1.807, 2.05) is 37.3 Å². The molecule has 0 spiro atoms. The Morgan fingerprint density at radius 2 is 1.79 bits per heavy atom. The van der Waals surface area contributed by atoms with Crippen LogP contribution in [0.1, 0.15) is 79.8 Å². The number of benzene rings is 2. The van der Waals surface area contributed by atoms with Gasteiger partial charge in [-0.1, -0.05) is 45.0 Å². The Morgan fingerprint density at radius 3 is 2.50 bits per heavy atom. The number of aromatic nitrogens is 2. The normalized spacial score (nSPS) is 15.9. The predicted molar refractivity (Wildman–Crippen MR) is 166 cm³/mol. The Bertz CT molecular complexity index is 1600. The third-order valence-corrected chi connectivity index (χ3v) is 7.91. The van der Waals surface area contributed by atoms with Gasteiger partial charge in [-0.05, 0) is 63.4 Å². The van der Waals surface area contributed by atoms with Gasteiger partial charge in [0.25, 0.3) is 0 Å². The Kier molecular flexibility index (Phi) is 8.52. The van der Waals surface area contributed by atoms with Gasteiger partial charge in [-0.2, -0.15) is 0 Å². The van der Waals surface area contributed by atoms with Crippen LogP contribution in [0.5, 0.6) is 0 Å². The zero-order chi connectivity index (χ0) is 29.9. The maximum atomic E-state index is 13.6. The highest BCUT2D eigenvalue weighted by atomic mass is 16.6. The molecule has 2 aromatic carbocycles. The number of fused-ring (bicyclic) bond motifs is 2. The fraction of sp³-hybridized carbons (Fsp3) is 0.382. The monoisotopic (exact) mass is 568 g/mol. The highest BCUT2D eigenvalue weighted by molar-refractivity contribution is 5.99. The molecule has 8 nitrogen and oxygen atoms in total. The summed E-state index contributed by atoms with van der Waals surface area (Å²) in [7, 11) is 0. The van der Waals surface area contributed by atoms with Crippen molar-refractivity contribution in [3.63, 3.8) is 0 Å². The number of carbonyl (C=O) groups is 2. The first-order chi connectivity index (χ1) is 20.4. The standard InChI is InChI=1S/C34H40N4O4/c1-6-19-37(20-7-2)24-16-17-27(28(22-24)36-33(40)41-21-8-3)34(31-26(32(39)42-34)14-12-18-35-31)30-23(5)38(9-4)29-15-11-10-13-25(29)30/h10-18,22H,6-9,19-21H2,1-5H3,(H,36,40). The molecule has 1 unspecified atom stereocenters. The summed E-state index contributed by atoms with van der Waals surface area (Å²) in [4.78, 5) is 33.7. The molecule has 8 heteroatoms. The largest absolute Gasteiger partial charge is 0.449 e. The Hall–Kier alpha value is -4.33. The molecule has 42 heavy (non-hydrogen) atoms. The predicted octanol–water partition coefficient (Wildman–Crippen LogP) is 7.41. The number of hydrogen-bond acceptors (Lipinski definition) is 6. The van der Waals surface area contributed by atoms with E-state index in [-0.39, 0.29) is 0 Å². The van der Waals surface area contributed by atoms with Gasteiger partial charge in [0.1, 0.15) is 5.69 Å². The number of cyclic esters (lactones) is 1. The van der Waals surface area contributed by atoms with Crippen LogP contribution in [0, 0.1) is 6.92 Å². The van der Waals surface area contributed by atoms with Crippen LogP contribution in [-0.2, 0) is 21.6 Å². The SMILES string of the molecule is CCCOC(=O)Nc1cc(N(CCC)CCC)ccc1C1(c2c(C)n(CC)c3ccccc23)OC(=O)c2cccnc21. The van der Waals surface area contributed by atoms with E-state index in [0.29, 0.717) is 35.5 Å². The lowest BCUT2D eigenvalue weighted by molar-refractivity contribution is 0.0247. The summed E-state index contributed by atoms with van der Waals surface area (Å²) in [6, 6.07) is 17.6. The number of para-hydroxylation sites is 1. The van der Waals surface area contributed by atoms with Crippen LogP contribution in [0.4, 0.5) is 16.2 Å². The lowest BCUT2D eigenvalue weighted by Crippen LogP contribution is -2.33. The van der Waals surface area contributed by atoms with Crippen LogP contribution >= 0.6 is 0 Å². The summed E-state index contributed by atoms with van der Waals surface area (Å²) in [5.41, 5.74) is 4.48. The molecular weight excluding hydrogens is 528 g/mol. The molecule has 1 aliphatic rings. The van der Waals surface area contributed by atoms with Crippen LogP contribution in [-0.4, -0.2) is 41.3 Å². The van der Waals surface area contributed by atoms with Crippen molar-refractivity contribution in [3.05, 3.63) is 88.9 Å². The van der Waals surface area contributed by atoms with Crippen LogP contribution in [0.25, 0.3) is 10.9 Å². The molecule has 1 aliphatic heterocycles. The molecule has 1 amide bonds. The number of nitrogens with one attached hydrogen (secondary N) is 1. The van der Waals surface area contributed by atoms with Crippen molar-refractivity contribution in [1.29, 1.82) is 0 Å². The first-order valence-corrected chi connectivity index (χ1v) is 15.0. The van der Waals surface area contributed by atoms with Gasteiger partial charge in [-0.3, -0.25) is 10.3 Å². The Morgan fingerprint density at radius 1 is 1.02 bits per heavy atom. The number of amides is 1. The second-order valence-corrected chi connectivity index (χ2v) is 10.7. The van der Waals surface area contributed by atoms with Crippen molar-refractivity contribution >= 4 is 34.3 Å². The molecule has 0 fully saturated rings. The van der Waals surface area contributed by atoms with Crippen molar-refractivity contribution in [2.75, 3.05) is 29.9 Å². The number of pyridine rings is 1. The molecule has 1 atom stereocenters. The van der Waals surface area contributed by atoms with E-state index < -0.39 is 17.7 Å². The maximum Gasteiger partial charge on any atom is 0.411 e. The van der Waals surface area contributed by atoms with Gasteiger partial charge in [0.2, 0.25) is 5.60 Å². The quantitative estimate of drug-likeness (QED) is 0.190. The topological polar surface area (TPSA) is 85.7 Å². The molecule has 0 saturated carbocycles. The van der Waals surface area contributed by atoms with E-state index >= 15 is 0 Å². The van der Waals surface area contributed by atoms with Gasteiger partial charge in [-0.15, -0.1) is 0 Å². The summed E-state index contributed by atoms with van der Waals surface area (Å²) in [5, 5.41) is 3.98. The Balaban J connectivity index is 1.84. The summed E-state index contributed by atoms with van der Waals surface area (Å²) >= 11 is 0. The second-order valence-electron chi connectivity index (χ2n) is 10.7. The van der Waals surface area contributed by atoms with Gasteiger partial charge >= 0.3 is 12.1 Å². The molecule has 0 bridgehead atoms. The minimum absolute atomic E-state index is 0.298. The zero-order valence-electron chi connectivity index (χ0n) is 25.2. The van der Waals surface area contributed by atoms with Crippen LogP contribution in [0.2, 0.25) is 0 Å². The number of rotatable bonds is 11. The number of ether oxygens (including phenoxy) is 2. The van der Waals surface area contributed by atoms with Crippen molar-refractivity contribution in [3.8, 4) is 0 Å². The highest BCUT2D eigenvalue weighted by Gasteiger charge is 2.53. The fourth-order valence-corrected chi connectivity index (χ4v) is 6.25. The summed E-state index contributed by atoms with van der Waals surface area (Å²) in [6.45, 7) is 13.2. The fourth-order valence-electron chi connectivity index (χ4n) is 6.25. The smallest absolute Gasteiger partial charge is 0.411 e. The number of esters is 1. The zero-order valence-corrected chi connectivity index (χ0v) is 25.2. The Labute approximate surface area is 247 Å². The van der Waals surface area contributed by atoms with E-state index in [1.54, 1.807) is 18.3 Å². The molecule has 0 radical (unpaired) electrons. The molecule has 4 aromatic rings. The molecule has 220 valence electrons. The lowest BCUT2D eigenvalue weighted by atomic mass is 9.80. The van der Waals surface area contributed by atoms with Crippen LogP contribution in [0.3, 0.4) is 0 Å². The minimum atomic E-state index is -1.40. The average Bonchev–Trinajstić information content (AvgIpc) is 3.46. The van der Waals surface area contributed by atoms with E-state index in [4.69, 9.17) is 14.5 Å². The van der Waals surface area contributed by atoms with Crippen molar-refractivity contribution < 1.29 is 19.1 Å². The molecule has 1 N–H and O–H groups in total. The number of anilines is 2. The van der Waals surface area contributed by atoms with Gasteiger partial charge in [0.05, 0.1) is 17.9 Å². The molecule has 0 saturated heterocycles. The van der Waals surface area contributed by atoms with E-state index in [0.717, 1.165) is 60.3 Å². The number of aryl methyl sites for hydroxylation is 1. The van der Waals surface area contributed by atoms with Crippen molar-refractivity contribution in [2.45, 2.75) is 66.0 Å². The molecule has 2 aromatic heterocycles. The summed E-state index contributed by atoms with van der Waals surface area (Å²) in [6.07, 6.45) is 3.80.